The Morgan fingerprint density at radius 3 is 2.40 bits per heavy atom. The first-order valence-corrected chi connectivity index (χ1v) is 10.5. The summed E-state index contributed by atoms with van der Waals surface area (Å²) >= 11 is 6.29. The van der Waals surface area contributed by atoms with E-state index in [-0.39, 0.29) is 30.3 Å². The van der Waals surface area contributed by atoms with Crippen molar-refractivity contribution in [3.05, 3.63) is 40.9 Å². The minimum absolute atomic E-state index is 0.0219. The Labute approximate surface area is 183 Å². The van der Waals surface area contributed by atoms with Crippen molar-refractivity contribution >= 4 is 35.5 Å². The molecule has 1 aromatic rings. The Kier molecular flexibility index (Phi) is 8.72. The number of likely N-dealkylation sites (N-methyl/N-ethyl adjacent to an activating group) is 1. The standard InChI is InChI=1S/C22H31ClN4O3/c1-16(2)20(25(4)21(29)14-24-15-28)13-17(3)22(30)27-11-9-26(10-12-27)19-8-6-5-7-18(19)23/h5-8,13,15-16,20H,9-12,14H2,1-4H3,(H,24,28)/b17-13+. The zero-order chi connectivity index (χ0) is 22.3. The normalized spacial score (nSPS) is 15.7. The summed E-state index contributed by atoms with van der Waals surface area (Å²) in [4.78, 5) is 41.3. The molecule has 1 saturated heterocycles. The molecular formula is C22H31ClN4O3. The molecule has 8 heteroatoms. The Morgan fingerprint density at radius 2 is 1.83 bits per heavy atom. The van der Waals surface area contributed by atoms with Crippen LogP contribution in [0, 0.1) is 5.92 Å². The van der Waals surface area contributed by atoms with Crippen LogP contribution in [0.1, 0.15) is 20.8 Å². The van der Waals surface area contributed by atoms with Gasteiger partial charge in [0.15, 0.2) is 0 Å². The predicted octanol–water partition coefficient (Wildman–Crippen LogP) is 2.16. The fourth-order valence-electron chi connectivity index (χ4n) is 3.61. The largest absolute Gasteiger partial charge is 0.367 e. The molecule has 1 N–H and O–H groups in total. The van der Waals surface area contributed by atoms with Gasteiger partial charge in [-0.1, -0.05) is 43.7 Å². The maximum absolute atomic E-state index is 13.0. The molecular weight excluding hydrogens is 404 g/mol. The van der Waals surface area contributed by atoms with Gasteiger partial charge in [0.05, 0.1) is 23.3 Å². The molecule has 0 spiro atoms. The lowest BCUT2D eigenvalue weighted by molar-refractivity contribution is -0.132. The highest BCUT2D eigenvalue weighted by molar-refractivity contribution is 6.33. The quantitative estimate of drug-likeness (QED) is 0.502. The van der Waals surface area contributed by atoms with Crippen LogP contribution < -0.4 is 10.2 Å². The molecule has 1 unspecified atom stereocenters. The smallest absolute Gasteiger partial charge is 0.249 e. The third-order valence-corrected chi connectivity index (χ3v) is 5.70. The molecule has 0 aromatic heterocycles. The number of hydrogen-bond donors (Lipinski definition) is 1. The van der Waals surface area contributed by atoms with E-state index in [1.54, 1.807) is 18.9 Å². The summed E-state index contributed by atoms with van der Waals surface area (Å²) in [5, 5.41) is 3.10. The van der Waals surface area contributed by atoms with E-state index in [9.17, 15) is 14.4 Å². The van der Waals surface area contributed by atoms with Crippen molar-refractivity contribution in [3.8, 4) is 0 Å². The minimum atomic E-state index is -0.237. The van der Waals surface area contributed by atoms with Crippen molar-refractivity contribution in [3.63, 3.8) is 0 Å². The number of nitrogens with one attached hydrogen (secondary N) is 1. The summed E-state index contributed by atoms with van der Waals surface area (Å²) in [5.41, 5.74) is 1.60. The molecule has 0 bridgehead atoms. The fourth-order valence-corrected chi connectivity index (χ4v) is 3.86. The van der Waals surface area contributed by atoms with Gasteiger partial charge in [0, 0.05) is 38.8 Å². The fraction of sp³-hybridized carbons (Fsp3) is 0.500. The molecule has 1 aliphatic heterocycles. The molecule has 1 aromatic carbocycles. The summed E-state index contributed by atoms with van der Waals surface area (Å²) in [6.45, 7) is 8.38. The number of benzene rings is 1. The van der Waals surface area contributed by atoms with Gasteiger partial charge >= 0.3 is 0 Å². The zero-order valence-corrected chi connectivity index (χ0v) is 18.9. The lowest BCUT2D eigenvalue weighted by Gasteiger charge is -2.37. The topological polar surface area (TPSA) is 73.0 Å². The van der Waals surface area contributed by atoms with Gasteiger partial charge in [-0.25, -0.2) is 0 Å². The molecule has 164 valence electrons. The van der Waals surface area contributed by atoms with E-state index >= 15 is 0 Å². The number of carbonyl (C=O) groups excluding carboxylic acids is 3. The van der Waals surface area contributed by atoms with Crippen molar-refractivity contribution < 1.29 is 14.4 Å². The average molecular weight is 435 g/mol. The second kappa shape index (κ2) is 11.0. The number of halogens is 1. The van der Waals surface area contributed by atoms with E-state index in [1.807, 2.05) is 49.1 Å². The average Bonchev–Trinajstić information content (AvgIpc) is 2.74. The van der Waals surface area contributed by atoms with E-state index in [0.717, 1.165) is 5.69 Å². The van der Waals surface area contributed by atoms with Crippen LogP contribution in [-0.2, 0) is 14.4 Å². The first-order chi connectivity index (χ1) is 14.3. The zero-order valence-electron chi connectivity index (χ0n) is 18.1. The van der Waals surface area contributed by atoms with Gasteiger partial charge in [0.1, 0.15) is 0 Å². The van der Waals surface area contributed by atoms with E-state index < -0.39 is 0 Å². The number of piperazine rings is 1. The molecule has 7 nitrogen and oxygen atoms in total. The lowest BCUT2D eigenvalue weighted by atomic mass is 9.99. The maximum Gasteiger partial charge on any atom is 0.249 e. The molecule has 0 aliphatic carbocycles. The first-order valence-electron chi connectivity index (χ1n) is 10.2. The van der Waals surface area contributed by atoms with E-state index in [2.05, 4.69) is 10.2 Å². The molecule has 1 aliphatic rings. The second-order valence-corrected chi connectivity index (χ2v) is 8.23. The van der Waals surface area contributed by atoms with Gasteiger partial charge in [0.2, 0.25) is 18.2 Å². The van der Waals surface area contributed by atoms with Gasteiger partial charge in [-0.2, -0.15) is 0 Å². The van der Waals surface area contributed by atoms with Crippen molar-refractivity contribution in [1.82, 2.24) is 15.1 Å². The van der Waals surface area contributed by atoms with Crippen LogP contribution in [-0.4, -0.2) is 73.8 Å². The number of anilines is 1. The number of amides is 3. The van der Waals surface area contributed by atoms with Crippen molar-refractivity contribution in [2.45, 2.75) is 26.8 Å². The summed E-state index contributed by atoms with van der Waals surface area (Å²) in [6.07, 6.45) is 2.36. The minimum Gasteiger partial charge on any atom is -0.367 e. The highest BCUT2D eigenvalue weighted by Crippen LogP contribution is 2.26. The summed E-state index contributed by atoms with van der Waals surface area (Å²) in [5.74, 6) is -0.105. The molecule has 0 saturated carbocycles. The predicted molar refractivity (Wildman–Crippen MR) is 119 cm³/mol. The SMILES string of the molecule is C/C(=C\C(C(C)C)N(C)C(=O)CNC=O)C(=O)N1CCN(c2ccccc2Cl)CC1. The Morgan fingerprint density at radius 1 is 1.20 bits per heavy atom. The van der Waals surface area contributed by atoms with Gasteiger partial charge in [0.25, 0.3) is 0 Å². The molecule has 30 heavy (non-hydrogen) atoms. The van der Waals surface area contributed by atoms with E-state index in [0.29, 0.717) is 43.2 Å². The summed E-state index contributed by atoms with van der Waals surface area (Å²) < 4.78 is 0. The van der Waals surface area contributed by atoms with E-state index in [1.165, 1.54) is 0 Å². The van der Waals surface area contributed by atoms with Gasteiger partial charge < -0.3 is 20.0 Å². The summed E-state index contributed by atoms with van der Waals surface area (Å²) in [6, 6.07) is 7.49. The Hall–Kier alpha value is -2.54. The van der Waals surface area contributed by atoms with E-state index in [4.69, 9.17) is 11.6 Å². The lowest BCUT2D eigenvalue weighted by Crippen LogP contribution is -2.49. The van der Waals surface area contributed by atoms with Crippen molar-refractivity contribution in [1.29, 1.82) is 0 Å². The molecule has 2 rings (SSSR count). The van der Waals surface area contributed by atoms with Gasteiger partial charge in [-0.15, -0.1) is 0 Å². The molecule has 0 radical (unpaired) electrons. The van der Waals surface area contributed by atoms with Gasteiger partial charge in [-0.3, -0.25) is 14.4 Å². The van der Waals surface area contributed by atoms with Crippen LogP contribution in [0.3, 0.4) is 0 Å². The van der Waals surface area contributed by atoms with Crippen LogP contribution in [0.2, 0.25) is 5.02 Å². The van der Waals surface area contributed by atoms with Crippen molar-refractivity contribution in [2.24, 2.45) is 5.92 Å². The van der Waals surface area contributed by atoms with Crippen molar-refractivity contribution in [2.75, 3.05) is 44.7 Å². The number of rotatable bonds is 8. The molecule has 1 atom stereocenters. The summed E-state index contributed by atoms with van der Waals surface area (Å²) in [7, 11) is 1.69. The molecule has 3 amide bonds. The number of hydrogen-bond acceptors (Lipinski definition) is 4. The monoisotopic (exact) mass is 434 g/mol. The highest BCUT2D eigenvalue weighted by Gasteiger charge is 2.26. The Bertz CT molecular complexity index is 788. The number of para-hydroxylation sites is 1. The number of carbonyl (C=O) groups is 3. The van der Waals surface area contributed by atoms with Crippen LogP contribution in [0.4, 0.5) is 5.69 Å². The third kappa shape index (κ3) is 5.98. The van der Waals surface area contributed by atoms with Crippen LogP contribution in [0.25, 0.3) is 0 Å². The Balaban J connectivity index is 2.03. The second-order valence-electron chi connectivity index (χ2n) is 7.82. The van der Waals surface area contributed by atoms with Crippen LogP contribution in [0.15, 0.2) is 35.9 Å². The van der Waals surface area contributed by atoms with Crippen LogP contribution >= 0.6 is 11.6 Å². The van der Waals surface area contributed by atoms with Gasteiger partial charge in [-0.05, 0) is 25.0 Å². The molecule has 1 heterocycles. The number of nitrogens with zero attached hydrogens (tertiary/aromatic N) is 3. The third-order valence-electron chi connectivity index (χ3n) is 5.38. The highest BCUT2D eigenvalue weighted by atomic mass is 35.5. The van der Waals surface area contributed by atoms with Crippen LogP contribution in [0.5, 0.6) is 0 Å². The first kappa shape index (κ1) is 23.7. The molecule has 1 fully saturated rings. The maximum atomic E-state index is 13.0.